The van der Waals surface area contributed by atoms with Crippen molar-refractivity contribution in [2.45, 2.75) is 19.3 Å². The fourth-order valence-electron chi connectivity index (χ4n) is 2.25. The zero-order valence-electron chi connectivity index (χ0n) is 11.4. The van der Waals surface area contributed by atoms with Crippen molar-refractivity contribution in [2.75, 3.05) is 38.3 Å². The van der Waals surface area contributed by atoms with E-state index in [2.05, 4.69) is 15.2 Å². The smallest absolute Gasteiger partial charge is 0.253 e. The van der Waals surface area contributed by atoms with Crippen LogP contribution in [0.5, 0.6) is 0 Å². The molecule has 1 fully saturated rings. The standard InChI is InChI=1S/C14H21N3O2/c1-19-8-5-16-14(18)12-9-13(11-15-10-12)17-6-3-2-4-7-17/h9-11H,2-8H2,1H3,(H,16,18). The lowest BCUT2D eigenvalue weighted by molar-refractivity contribution is 0.0937. The zero-order chi connectivity index (χ0) is 13.5. The van der Waals surface area contributed by atoms with Crippen LogP contribution in [0.25, 0.3) is 0 Å². The minimum atomic E-state index is -0.0941. The van der Waals surface area contributed by atoms with Gasteiger partial charge in [-0.2, -0.15) is 0 Å². The van der Waals surface area contributed by atoms with Gasteiger partial charge in [-0.05, 0) is 25.3 Å². The molecule has 0 aliphatic carbocycles. The molecule has 0 unspecified atom stereocenters. The van der Waals surface area contributed by atoms with Gasteiger partial charge in [0, 0.05) is 32.9 Å². The van der Waals surface area contributed by atoms with Gasteiger partial charge in [-0.25, -0.2) is 0 Å². The first-order valence-electron chi connectivity index (χ1n) is 6.78. The van der Waals surface area contributed by atoms with E-state index in [0.29, 0.717) is 18.7 Å². The Hall–Kier alpha value is -1.62. The first-order chi connectivity index (χ1) is 9.31. The number of nitrogens with one attached hydrogen (secondary N) is 1. The molecule has 1 aromatic rings. The van der Waals surface area contributed by atoms with Gasteiger partial charge in [0.25, 0.3) is 5.91 Å². The molecule has 1 N–H and O–H groups in total. The Bertz CT molecular complexity index is 417. The lowest BCUT2D eigenvalue weighted by Crippen LogP contribution is -2.30. The molecule has 5 heteroatoms. The third-order valence-corrected chi connectivity index (χ3v) is 3.30. The molecule has 0 saturated carbocycles. The number of piperidine rings is 1. The Labute approximate surface area is 114 Å². The van der Waals surface area contributed by atoms with Crippen LogP contribution in [-0.2, 0) is 4.74 Å². The Morgan fingerprint density at radius 1 is 1.37 bits per heavy atom. The molecule has 1 aromatic heterocycles. The van der Waals surface area contributed by atoms with Crippen LogP contribution >= 0.6 is 0 Å². The lowest BCUT2D eigenvalue weighted by atomic mass is 10.1. The molecular formula is C14H21N3O2. The number of anilines is 1. The summed E-state index contributed by atoms with van der Waals surface area (Å²) in [6, 6.07) is 1.92. The van der Waals surface area contributed by atoms with Gasteiger partial charge >= 0.3 is 0 Å². The molecule has 0 bridgehead atoms. The number of ether oxygens (including phenoxy) is 1. The number of nitrogens with zero attached hydrogens (tertiary/aromatic N) is 2. The summed E-state index contributed by atoms with van der Waals surface area (Å²) >= 11 is 0. The highest BCUT2D eigenvalue weighted by atomic mass is 16.5. The summed E-state index contributed by atoms with van der Waals surface area (Å²) in [4.78, 5) is 18.4. The van der Waals surface area contributed by atoms with Crippen molar-refractivity contribution in [3.8, 4) is 0 Å². The number of hydrogen-bond donors (Lipinski definition) is 1. The van der Waals surface area contributed by atoms with Gasteiger partial charge < -0.3 is 15.0 Å². The van der Waals surface area contributed by atoms with Gasteiger partial charge in [-0.15, -0.1) is 0 Å². The fourth-order valence-corrected chi connectivity index (χ4v) is 2.25. The highest BCUT2D eigenvalue weighted by molar-refractivity contribution is 5.94. The van der Waals surface area contributed by atoms with Gasteiger partial charge in [0.05, 0.1) is 24.1 Å². The predicted molar refractivity (Wildman–Crippen MR) is 74.5 cm³/mol. The molecule has 0 radical (unpaired) electrons. The molecule has 5 nitrogen and oxygen atoms in total. The summed E-state index contributed by atoms with van der Waals surface area (Å²) in [6.45, 7) is 3.14. The largest absolute Gasteiger partial charge is 0.383 e. The summed E-state index contributed by atoms with van der Waals surface area (Å²) in [5.74, 6) is -0.0941. The Kier molecular flexibility index (Phi) is 5.15. The van der Waals surface area contributed by atoms with Crippen molar-refractivity contribution in [2.24, 2.45) is 0 Å². The molecule has 2 heterocycles. The molecule has 19 heavy (non-hydrogen) atoms. The van der Waals surface area contributed by atoms with Crippen LogP contribution in [0.3, 0.4) is 0 Å². The number of rotatable bonds is 5. The van der Waals surface area contributed by atoms with Gasteiger partial charge in [-0.1, -0.05) is 0 Å². The van der Waals surface area contributed by atoms with Crippen LogP contribution in [0.2, 0.25) is 0 Å². The van der Waals surface area contributed by atoms with E-state index in [1.54, 1.807) is 13.3 Å². The first-order valence-corrected chi connectivity index (χ1v) is 6.78. The van der Waals surface area contributed by atoms with E-state index >= 15 is 0 Å². The maximum Gasteiger partial charge on any atom is 0.253 e. The van der Waals surface area contributed by atoms with E-state index in [9.17, 15) is 4.79 Å². The third kappa shape index (κ3) is 3.92. The quantitative estimate of drug-likeness (QED) is 0.817. The van der Waals surface area contributed by atoms with E-state index < -0.39 is 0 Å². The molecule has 2 rings (SSSR count). The number of pyridine rings is 1. The summed E-state index contributed by atoms with van der Waals surface area (Å²) in [5.41, 5.74) is 1.65. The molecule has 1 aliphatic rings. The average molecular weight is 263 g/mol. The molecule has 0 atom stereocenters. The number of carbonyl (C=O) groups excluding carboxylic acids is 1. The highest BCUT2D eigenvalue weighted by Crippen LogP contribution is 2.19. The maximum absolute atomic E-state index is 11.9. The third-order valence-electron chi connectivity index (χ3n) is 3.30. The predicted octanol–water partition coefficient (Wildman–Crippen LogP) is 1.45. The second-order valence-corrected chi connectivity index (χ2v) is 4.73. The molecule has 1 amide bonds. The van der Waals surface area contributed by atoms with Gasteiger partial charge in [-0.3, -0.25) is 9.78 Å². The number of hydrogen-bond acceptors (Lipinski definition) is 4. The number of carbonyl (C=O) groups is 1. The second-order valence-electron chi connectivity index (χ2n) is 4.73. The van der Waals surface area contributed by atoms with Crippen molar-refractivity contribution in [1.29, 1.82) is 0 Å². The van der Waals surface area contributed by atoms with E-state index in [1.165, 1.54) is 19.3 Å². The van der Waals surface area contributed by atoms with Crippen molar-refractivity contribution >= 4 is 11.6 Å². The molecular weight excluding hydrogens is 242 g/mol. The van der Waals surface area contributed by atoms with Gasteiger partial charge in [0.2, 0.25) is 0 Å². The normalized spacial score (nSPS) is 15.3. The minimum Gasteiger partial charge on any atom is -0.383 e. The topological polar surface area (TPSA) is 54.5 Å². The van der Waals surface area contributed by atoms with Crippen LogP contribution in [-0.4, -0.2) is 44.2 Å². The molecule has 104 valence electrons. The average Bonchev–Trinajstić information content (AvgIpc) is 2.48. The number of aromatic nitrogens is 1. The van der Waals surface area contributed by atoms with Gasteiger partial charge in [0.15, 0.2) is 0 Å². The molecule has 1 aliphatic heterocycles. The fraction of sp³-hybridized carbons (Fsp3) is 0.571. The van der Waals surface area contributed by atoms with Crippen molar-refractivity contribution in [3.63, 3.8) is 0 Å². The maximum atomic E-state index is 11.9. The van der Waals surface area contributed by atoms with E-state index in [1.807, 2.05) is 12.3 Å². The van der Waals surface area contributed by atoms with E-state index in [4.69, 9.17) is 4.74 Å². The van der Waals surface area contributed by atoms with Crippen molar-refractivity contribution in [1.82, 2.24) is 10.3 Å². The Morgan fingerprint density at radius 2 is 2.16 bits per heavy atom. The zero-order valence-corrected chi connectivity index (χ0v) is 11.4. The first kappa shape index (κ1) is 13.8. The Balaban J connectivity index is 1.99. The van der Waals surface area contributed by atoms with Crippen molar-refractivity contribution in [3.05, 3.63) is 24.0 Å². The highest BCUT2D eigenvalue weighted by Gasteiger charge is 2.13. The molecule has 0 spiro atoms. The molecule has 0 aromatic carbocycles. The van der Waals surface area contributed by atoms with Crippen molar-refractivity contribution < 1.29 is 9.53 Å². The monoisotopic (exact) mass is 263 g/mol. The number of amides is 1. The summed E-state index contributed by atoms with van der Waals surface area (Å²) in [6.07, 6.45) is 7.16. The van der Waals surface area contributed by atoms with E-state index in [0.717, 1.165) is 18.8 Å². The summed E-state index contributed by atoms with van der Waals surface area (Å²) in [7, 11) is 1.62. The summed E-state index contributed by atoms with van der Waals surface area (Å²) < 4.78 is 4.91. The van der Waals surface area contributed by atoms with Crippen LogP contribution in [0.1, 0.15) is 29.6 Å². The number of methoxy groups -OCH3 is 1. The second kappa shape index (κ2) is 7.09. The summed E-state index contributed by atoms with van der Waals surface area (Å²) in [5, 5.41) is 2.81. The van der Waals surface area contributed by atoms with Gasteiger partial charge in [0.1, 0.15) is 0 Å². The van der Waals surface area contributed by atoms with Crippen LogP contribution in [0.4, 0.5) is 5.69 Å². The van der Waals surface area contributed by atoms with E-state index in [-0.39, 0.29) is 5.91 Å². The minimum absolute atomic E-state index is 0.0941. The Morgan fingerprint density at radius 3 is 2.89 bits per heavy atom. The van der Waals surface area contributed by atoms with Crippen LogP contribution < -0.4 is 10.2 Å². The SMILES string of the molecule is COCCNC(=O)c1cncc(N2CCCCC2)c1. The van der Waals surface area contributed by atoms with Crippen LogP contribution in [0, 0.1) is 0 Å². The lowest BCUT2D eigenvalue weighted by Gasteiger charge is -2.28. The molecule has 1 saturated heterocycles. The van der Waals surface area contributed by atoms with Crippen LogP contribution in [0.15, 0.2) is 18.5 Å².